The molecule has 132 valence electrons. The Morgan fingerprint density at radius 2 is 2.00 bits per heavy atom. The van der Waals surface area contributed by atoms with Crippen LogP contribution < -0.4 is 5.32 Å². The molecule has 0 aromatic heterocycles. The molecule has 24 heavy (non-hydrogen) atoms. The summed E-state index contributed by atoms with van der Waals surface area (Å²) in [6, 6.07) is 11.0. The van der Waals surface area contributed by atoms with Crippen LogP contribution in [0.1, 0.15) is 24.8 Å². The minimum atomic E-state index is 0.669. The molecule has 5 nitrogen and oxygen atoms in total. The highest BCUT2D eigenvalue weighted by Crippen LogP contribution is 2.20. The van der Waals surface area contributed by atoms with Gasteiger partial charge in [-0.1, -0.05) is 30.3 Å². The molecule has 2 fully saturated rings. The van der Waals surface area contributed by atoms with Gasteiger partial charge < -0.3 is 15.0 Å². The van der Waals surface area contributed by atoms with Crippen molar-refractivity contribution in [2.24, 2.45) is 4.99 Å². The van der Waals surface area contributed by atoms with Crippen LogP contribution in [-0.4, -0.2) is 68.2 Å². The number of nitrogens with zero attached hydrogens (tertiary/aromatic N) is 3. The molecule has 0 amide bonds. The highest BCUT2D eigenvalue weighted by molar-refractivity contribution is 5.80. The Kier molecular flexibility index (Phi) is 6.49. The molecule has 2 heterocycles. The van der Waals surface area contributed by atoms with E-state index in [9.17, 15) is 0 Å². The third kappa shape index (κ3) is 4.71. The van der Waals surface area contributed by atoms with Crippen molar-refractivity contribution < 1.29 is 4.74 Å². The van der Waals surface area contributed by atoms with Gasteiger partial charge in [0.2, 0.25) is 0 Å². The summed E-state index contributed by atoms with van der Waals surface area (Å²) >= 11 is 0. The Balaban J connectivity index is 1.35. The van der Waals surface area contributed by atoms with Gasteiger partial charge in [-0.05, 0) is 37.9 Å². The molecular weight excluding hydrogens is 300 g/mol. The van der Waals surface area contributed by atoms with Crippen LogP contribution in [0, 0.1) is 0 Å². The van der Waals surface area contributed by atoms with E-state index in [-0.39, 0.29) is 0 Å². The van der Waals surface area contributed by atoms with Crippen LogP contribution in [0.5, 0.6) is 0 Å². The number of hydrogen-bond acceptors (Lipinski definition) is 3. The van der Waals surface area contributed by atoms with Crippen molar-refractivity contribution in [1.82, 2.24) is 15.1 Å². The van der Waals surface area contributed by atoms with Gasteiger partial charge in [0.1, 0.15) is 0 Å². The molecule has 5 heteroatoms. The SMILES string of the molecule is CN=C(NCCOCc1ccccc1)N1CCC(N2CCCC2)C1. The van der Waals surface area contributed by atoms with Crippen molar-refractivity contribution in [3.8, 4) is 0 Å². The Bertz CT molecular complexity index is 513. The highest BCUT2D eigenvalue weighted by Gasteiger charge is 2.30. The molecule has 2 aliphatic heterocycles. The van der Waals surface area contributed by atoms with Crippen LogP contribution in [0.3, 0.4) is 0 Å². The van der Waals surface area contributed by atoms with Crippen molar-refractivity contribution in [3.05, 3.63) is 35.9 Å². The summed E-state index contributed by atoms with van der Waals surface area (Å²) < 4.78 is 5.74. The summed E-state index contributed by atoms with van der Waals surface area (Å²) in [6.07, 6.45) is 3.98. The lowest BCUT2D eigenvalue weighted by Crippen LogP contribution is -2.43. The van der Waals surface area contributed by atoms with E-state index < -0.39 is 0 Å². The van der Waals surface area contributed by atoms with Gasteiger partial charge in [-0.2, -0.15) is 0 Å². The maximum Gasteiger partial charge on any atom is 0.193 e. The molecule has 0 radical (unpaired) electrons. The van der Waals surface area contributed by atoms with E-state index in [0.717, 1.165) is 25.6 Å². The first-order valence-electron chi connectivity index (χ1n) is 9.18. The summed E-state index contributed by atoms with van der Waals surface area (Å²) in [5.74, 6) is 1.01. The maximum atomic E-state index is 5.74. The first-order valence-corrected chi connectivity index (χ1v) is 9.18. The van der Waals surface area contributed by atoms with E-state index in [1.807, 2.05) is 25.2 Å². The van der Waals surface area contributed by atoms with Crippen LogP contribution in [0.15, 0.2) is 35.3 Å². The molecule has 1 N–H and O–H groups in total. The van der Waals surface area contributed by atoms with E-state index >= 15 is 0 Å². The summed E-state index contributed by atoms with van der Waals surface area (Å²) in [5, 5.41) is 3.44. The van der Waals surface area contributed by atoms with E-state index in [0.29, 0.717) is 19.3 Å². The third-order valence-corrected chi connectivity index (χ3v) is 4.97. The third-order valence-electron chi connectivity index (χ3n) is 4.97. The normalized spacial score (nSPS) is 22.3. The maximum absolute atomic E-state index is 5.74. The molecule has 1 unspecified atom stereocenters. The van der Waals surface area contributed by atoms with Gasteiger partial charge in [0.25, 0.3) is 0 Å². The smallest absolute Gasteiger partial charge is 0.193 e. The number of guanidine groups is 1. The highest BCUT2D eigenvalue weighted by atomic mass is 16.5. The molecule has 0 bridgehead atoms. The second kappa shape index (κ2) is 9.04. The van der Waals surface area contributed by atoms with Crippen LogP contribution in [0.25, 0.3) is 0 Å². The molecule has 0 saturated carbocycles. The molecule has 3 rings (SSSR count). The molecular formula is C19H30N4O. The average Bonchev–Trinajstić information content (AvgIpc) is 3.30. The van der Waals surface area contributed by atoms with Gasteiger partial charge in [-0.3, -0.25) is 9.89 Å². The average molecular weight is 330 g/mol. The first kappa shape index (κ1) is 17.2. The van der Waals surface area contributed by atoms with Crippen molar-refractivity contribution >= 4 is 5.96 Å². The van der Waals surface area contributed by atoms with Crippen molar-refractivity contribution in [2.75, 3.05) is 46.4 Å². The Morgan fingerprint density at radius 1 is 1.21 bits per heavy atom. The molecule has 1 aromatic rings. The minimum Gasteiger partial charge on any atom is -0.375 e. The zero-order valence-electron chi connectivity index (χ0n) is 14.8. The van der Waals surface area contributed by atoms with Crippen molar-refractivity contribution in [1.29, 1.82) is 0 Å². The number of ether oxygens (including phenoxy) is 1. The molecule has 0 spiro atoms. The summed E-state index contributed by atoms with van der Waals surface area (Å²) in [5.41, 5.74) is 1.22. The van der Waals surface area contributed by atoms with Gasteiger partial charge in [0.15, 0.2) is 5.96 Å². The van der Waals surface area contributed by atoms with Crippen molar-refractivity contribution in [2.45, 2.75) is 31.9 Å². The van der Waals surface area contributed by atoms with Gasteiger partial charge in [-0.15, -0.1) is 0 Å². The van der Waals surface area contributed by atoms with Gasteiger partial charge in [-0.25, -0.2) is 0 Å². The standard InChI is InChI=1S/C19H30N4O/c1-20-19(21-10-14-24-16-17-7-3-2-4-8-17)23-13-9-18(15-23)22-11-5-6-12-22/h2-4,7-8,18H,5-6,9-16H2,1H3,(H,20,21). The zero-order chi connectivity index (χ0) is 16.6. The van der Waals surface area contributed by atoms with Crippen LogP contribution in [0.4, 0.5) is 0 Å². The Morgan fingerprint density at radius 3 is 2.75 bits per heavy atom. The zero-order valence-corrected chi connectivity index (χ0v) is 14.8. The topological polar surface area (TPSA) is 40.1 Å². The number of nitrogens with one attached hydrogen (secondary N) is 1. The Hall–Kier alpha value is -1.59. The molecule has 1 atom stereocenters. The van der Waals surface area contributed by atoms with Crippen molar-refractivity contribution in [3.63, 3.8) is 0 Å². The van der Waals surface area contributed by atoms with Gasteiger partial charge >= 0.3 is 0 Å². The molecule has 2 aliphatic rings. The molecule has 0 aliphatic carbocycles. The monoisotopic (exact) mass is 330 g/mol. The second-order valence-electron chi connectivity index (χ2n) is 6.64. The molecule has 1 aromatic carbocycles. The minimum absolute atomic E-state index is 0.669. The van der Waals surface area contributed by atoms with E-state index in [2.05, 4.69) is 32.2 Å². The lowest BCUT2D eigenvalue weighted by atomic mass is 10.2. The fourth-order valence-electron chi connectivity index (χ4n) is 3.67. The van der Waals surface area contributed by atoms with Gasteiger partial charge in [0.05, 0.1) is 13.2 Å². The lowest BCUT2D eigenvalue weighted by Gasteiger charge is -2.25. The largest absolute Gasteiger partial charge is 0.375 e. The van der Waals surface area contributed by atoms with Crippen LogP contribution in [-0.2, 0) is 11.3 Å². The fraction of sp³-hybridized carbons (Fsp3) is 0.632. The number of likely N-dealkylation sites (tertiary alicyclic amines) is 2. The lowest BCUT2D eigenvalue weighted by molar-refractivity contribution is 0.125. The predicted molar refractivity (Wildman–Crippen MR) is 98.2 cm³/mol. The van der Waals surface area contributed by atoms with E-state index in [1.54, 1.807) is 0 Å². The first-order chi connectivity index (χ1) is 11.9. The van der Waals surface area contributed by atoms with E-state index in [1.165, 1.54) is 37.9 Å². The second-order valence-corrected chi connectivity index (χ2v) is 6.64. The van der Waals surface area contributed by atoms with E-state index in [4.69, 9.17) is 4.74 Å². The Labute approximate surface area is 145 Å². The quantitative estimate of drug-likeness (QED) is 0.492. The predicted octanol–water partition coefficient (Wildman–Crippen LogP) is 1.95. The fourth-order valence-corrected chi connectivity index (χ4v) is 3.67. The summed E-state index contributed by atoms with van der Waals surface area (Å²) in [7, 11) is 1.87. The summed E-state index contributed by atoms with van der Waals surface area (Å²) in [6.45, 7) is 6.91. The van der Waals surface area contributed by atoms with Crippen LogP contribution >= 0.6 is 0 Å². The number of benzene rings is 1. The number of rotatable bonds is 6. The molecule has 2 saturated heterocycles. The number of aliphatic imine (C=N–C) groups is 1. The number of hydrogen-bond donors (Lipinski definition) is 1. The van der Waals surface area contributed by atoms with Gasteiger partial charge in [0, 0.05) is 32.7 Å². The summed E-state index contributed by atoms with van der Waals surface area (Å²) in [4.78, 5) is 9.48. The van der Waals surface area contributed by atoms with Crippen LogP contribution in [0.2, 0.25) is 0 Å².